The second-order valence-electron chi connectivity index (χ2n) is 5.12. The van der Waals surface area contributed by atoms with Gasteiger partial charge in [-0.25, -0.2) is 4.98 Å². The molecule has 0 aliphatic heterocycles. The Bertz CT molecular complexity index is 569. The van der Waals surface area contributed by atoms with E-state index in [2.05, 4.69) is 37.5 Å². The van der Waals surface area contributed by atoms with Gasteiger partial charge < -0.3 is 10.6 Å². The largest absolute Gasteiger partial charge is 0.357 e. The Morgan fingerprint density at radius 3 is 2.60 bits per heavy atom. The SMILES string of the molecule is CCC1(Nc2nc(NC)nc(-n3ccnc3)n2)CCC1. The third-order valence-electron chi connectivity index (χ3n) is 3.95. The lowest BCUT2D eigenvalue weighted by Gasteiger charge is -2.42. The topological polar surface area (TPSA) is 80.5 Å². The fourth-order valence-electron chi connectivity index (χ4n) is 2.43. The highest BCUT2D eigenvalue weighted by molar-refractivity contribution is 5.40. The summed E-state index contributed by atoms with van der Waals surface area (Å²) in [5.41, 5.74) is 0.151. The molecule has 1 aliphatic rings. The van der Waals surface area contributed by atoms with Crippen molar-refractivity contribution in [3.05, 3.63) is 18.7 Å². The number of nitrogens with zero attached hydrogens (tertiary/aromatic N) is 5. The zero-order chi connectivity index (χ0) is 14.0. The zero-order valence-electron chi connectivity index (χ0n) is 11.8. The number of hydrogen-bond donors (Lipinski definition) is 2. The first kappa shape index (κ1) is 12.8. The Balaban J connectivity index is 1.92. The molecular weight excluding hydrogens is 254 g/mol. The van der Waals surface area contributed by atoms with Crippen molar-refractivity contribution in [2.75, 3.05) is 17.7 Å². The van der Waals surface area contributed by atoms with E-state index in [0.717, 1.165) is 6.42 Å². The molecule has 0 radical (unpaired) electrons. The molecular formula is C13H19N7. The van der Waals surface area contributed by atoms with Crippen molar-refractivity contribution in [1.82, 2.24) is 24.5 Å². The molecule has 2 N–H and O–H groups in total. The number of aromatic nitrogens is 5. The maximum absolute atomic E-state index is 4.49. The minimum absolute atomic E-state index is 0.151. The summed E-state index contributed by atoms with van der Waals surface area (Å²) in [7, 11) is 1.80. The van der Waals surface area contributed by atoms with E-state index in [4.69, 9.17) is 0 Å². The highest BCUT2D eigenvalue weighted by Crippen LogP contribution is 2.37. The van der Waals surface area contributed by atoms with E-state index >= 15 is 0 Å². The van der Waals surface area contributed by atoms with Crippen LogP contribution in [0.25, 0.3) is 5.95 Å². The number of rotatable bonds is 5. The summed E-state index contributed by atoms with van der Waals surface area (Å²) in [5.74, 6) is 1.74. The second-order valence-corrected chi connectivity index (χ2v) is 5.12. The van der Waals surface area contributed by atoms with Gasteiger partial charge in [0.25, 0.3) is 0 Å². The van der Waals surface area contributed by atoms with Crippen molar-refractivity contribution in [3.63, 3.8) is 0 Å². The summed E-state index contributed by atoms with van der Waals surface area (Å²) < 4.78 is 1.77. The number of nitrogens with one attached hydrogen (secondary N) is 2. The minimum Gasteiger partial charge on any atom is -0.357 e. The Morgan fingerprint density at radius 1 is 1.25 bits per heavy atom. The average Bonchev–Trinajstić information content (AvgIpc) is 2.96. The molecule has 0 spiro atoms. The molecule has 1 fully saturated rings. The third kappa shape index (κ3) is 2.31. The van der Waals surface area contributed by atoms with Crippen molar-refractivity contribution in [3.8, 4) is 5.95 Å². The first-order chi connectivity index (χ1) is 9.74. The van der Waals surface area contributed by atoms with Crippen LogP contribution in [0.4, 0.5) is 11.9 Å². The second kappa shape index (κ2) is 5.07. The molecule has 7 nitrogen and oxygen atoms in total. The van der Waals surface area contributed by atoms with Crippen molar-refractivity contribution >= 4 is 11.9 Å². The Morgan fingerprint density at radius 2 is 2.05 bits per heavy atom. The lowest BCUT2D eigenvalue weighted by atomic mass is 9.75. The molecule has 2 heterocycles. The molecule has 0 aromatic carbocycles. The van der Waals surface area contributed by atoms with Gasteiger partial charge in [0.1, 0.15) is 6.33 Å². The predicted octanol–water partition coefficient (Wildman–Crippen LogP) is 1.84. The number of hydrogen-bond acceptors (Lipinski definition) is 6. The normalized spacial score (nSPS) is 16.5. The molecule has 3 rings (SSSR count). The van der Waals surface area contributed by atoms with E-state index in [1.807, 2.05) is 6.20 Å². The molecule has 1 saturated carbocycles. The smallest absolute Gasteiger partial charge is 0.241 e. The molecule has 0 amide bonds. The molecule has 2 aromatic heterocycles. The van der Waals surface area contributed by atoms with Gasteiger partial charge in [0.15, 0.2) is 0 Å². The number of anilines is 2. The van der Waals surface area contributed by atoms with Crippen LogP contribution < -0.4 is 10.6 Å². The molecule has 1 aliphatic carbocycles. The van der Waals surface area contributed by atoms with Crippen LogP contribution in [0.15, 0.2) is 18.7 Å². The average molecular weight is 273 g/mol. The lowest BCUT2D eigenvalue weighted by molar-refractivity contribution is 0.268. The molecule has 0 unspecified atom stereocenters. The van der Waals surface area contributed by atoms with Crippen LogP contribution in [0.2, 0.25) is 0 Å². The highest BCUT2D eigenvalue weighted by atomic mass is 15.3. The van der Waals surface area contributed by atoms with Gasteiger partial charge >= 0.3 is 0 Å². The summed E-state index contributed by atoms with van der Waals surface area (Å²) in [5, 5.41) is 6.46. The van der Waals surface area contributed by atoms with Gasteiger partial charge in [-0.05, 0) is 25.7 Å². The highest BCUT2D eigenvalue weighted by Gasteiger charge is 2.35. The van der Waals surface area contributed by atoms with Crippen LogP contribution >= 0.6 is 0 Å². The summed E-state index contributed by atoms with van der Waals surface area (Å²) >= 11 is 0. The van der Waals surface area contributed by atoms with Crippen molar-refractivity contribution < 1.29 is 0 Å². The molecule has 2 aromatic rings. The lowest BCUT2D eigenvalue weighted by Crippen LogP contribution is -2.44. The standard InChI is InChI=1S/C13H19N7/c1-3-13(5-4-6-13)19-11-16-10(14-2)17-12(18-11)20-8-7-15-9-20/h7-9H,3-6H2,1-2H3,(H2,14,16,17,18,19). The zero-order valence-corrected chi connectivity index (χ0v) is 11.8. The number of imidazole rings is 1. The van der Waals surface area contributed by atoms with E-state index in [1.54, 1.807) is 24.1 Å². The molecule has 20 heavy (non-hydrogen) atoms. The summed E-state index contributed by atoms with van der Waals surface area (Å²) in [6.07, 6.45) is 9.88. The molecule has 106 valence electrons. The fraction of sp³-hybridized carbons (Fsp3) is 0.538. The van der Waals surface area contributed by atoms with Crippen molar-refractivity contribution in [1.29, 1.82) is 0 Å². The minimum atomic E-state index is 0.151. The third-order valence-corrected chi connectivity index (χ3v) is 3.95. The van der Waals surface area contributed by atoms with Crippen molar-refractivity contribution in [2.45, 2.75) is 38.1 Å². The molecule has 0 saturated heterocycles. The van der Waals surface area contributed by atoms with Gasteiger partial charge in [-0.3, -0.25) is 4.57 Å². The van der Waals surface area contributed by atoms with Crippen LogP contribution in [0.5, 0.6) is 0 Å². The van der Waals surface area contributed by atoms with Gasteiger partial charge in [0.2, 0.25) is 17.8 Å². The summed E-state index contributed by atoms with van der Waals surface area (Å²) in [6.45, 7) is 2.20. The van der Waals surface area contributed by atoms with Gasteiger partial charge in [0, 0.05) is 25.0 Å². The summed E-state index contributed by atoms with van der Waals surface area (Å²) in [6, 6.07) is 0. The van der Waals surface area contributed by atoms with E-state index in [1.165, 1.54) is 19.3 Å². The Hall–Kier alpha value is -2.18. The van der Waals surface area contributed by atoms with Crippen molar-refractivity contribution in [2.24, 2.45) is 0 Å². The summed E-state index contributed by atoms with van der Waals surface area (Å²) in [4.78, 5) is 17.3. The first-order valence-corrected chi connectivity index (χ1v) is 6.95. The molecule has 0 bridgehead atoms. The Kier molecular flexibility index (Phi) is 3.25. The van der Waals surface area contributed by atoms with Gasteiger partial charge in [-0.1, -0.05) is 6.92 Å². The monoisotopic (exact) mass is 273 g/mol. The Labute approximate surface area is 117 Å². The maximum atomic E-state index is 4.49. The van der Waals surface area contributed by atoms with Crippen LogP contribution in [0.1, 0.15) is 32.6 Å². The quantitative estimate of drug-likeness (QED) is 0.865. The predicted molar refractivity (Wildman–Crippen MR) is 77.0 cm³/mol. The van der Waals surface area contributed by atoms with Crippen LogP contribution in [-0.4, -0.2) is 37.1 Å². The van der Waals surface area contributed by atoms with Crippen LogP contribution in [0.3, 0.4) is 0 Å². The van der Waals surface area contributed by atoms with E-state index in [0.29, 0.717) is 17.8 Å². The van der Waals surface area contributed by atoms with Gasteiger partial charge in [0.05, 0.1) is 0 Å². The van der Waals surface area contributed by atoms with E-state index < -0.39 is 0 Å². The van der Waals surface area contributed by atoms with E-state index in [-0.39, 0.29) is 5.54 Å². The van der Waals surface area contributed by atoms with Gasteiger partial charge in [-0.15, -0.1) is 0 Å². The molecule has 7 heteroatoms. The van der Waals surface area contributed by atoms with Crippen LogP contribution in [-0.2, 0) is 0 Å². The first-order valence-electron chi connectivity index (χ1n) is 6.95. The van der Waals surface area contributed by atoms with Crippen LogP contribution in [0, 0.1) is 0 Å². The molecule has 0 atom stereocenters. The van der Waals surface area contributed by atoms with E-state index in [9.17, 15) is 0 Å². The van der Waals surface area contributed by atoms with Gasteiger partial charge in [-0.2, -0.15) is 15.0 Å². The maximum Gasteiger partial charge on any atom is 0.241 e. The fourth-order valence-corrected chi connectivity index (χ4v) is 2.43.